The molecule has 2 N–H and O–H groups in total. The zero-order chi connectivity index (χ0) is 20.6. The topological polar surface area (TPSA) is 93.2 Å². The van der Waals surface area contributed by atoms with E-state index in [2.05, 4.69) is 20.6 Å². The van der Waals surface area contributed by atoms with Crippen LogP contribution < -0.4 is 10.6 Å². The van der Waals surface area contributed by atoms with Crippen molar-refractivity contribution in [3.63, 3.8) is 0 Å². The Labute approximate surface area is 171 Å². The summed E-state index contributed by atoms with van der Waals surface area (Å²) >= 11 is 0. The summed E-state index contributed by atoms with van der Waals surface area (Å²) in [5.74, 6) is 0.535. The molecule has 3 rings (SSSR count). The molecule has 1 heterocycles. The van der Waals surface area contributed by atoms with Crippen LogP contribution in [-0.2, 0) is 4.74 Å². The second-order valence-electron chi connectivity index (χ2n) is 7.27. The normalized spacial score (nSPS) is 14.7. The number of amides is 1. The van der Waals surface area contributed by atoms with Gasteiger partial charge in [0.1, 0.15) is 17.3 Å². The molecule has 1 saturated carbocycles. The van der Waals surface area contributed by atoms with Crippen LogP contribution in [0.25, 0.3) is 0 Å². The van der Waals surface area contributed by atoms with Crippen molar-refractivity contribution >= 4 is 23.4 Å². The highest BCUT2D eigenvalue weighted by Gasteiger charge is 2.16. The molecule has 154 valence electrons. The maximum atomic E-state index is 12.7. The van der Waals surface area contributed by atoms with Gasteiger partial charge in [0, 0.05) is 17.8 Å². The van der Waals surface area contributed by atoms with E-state index < -0.39 is 0 Å². The summed E-state index contributed by atoms with van der Waals surface area (Å²) in [7, 11) is 0. The lowest BCUT2D eigenvalue weighted by atomic mass is 10.1. The first kappa shape index (κ1) is 20.8. The lowest BCUT2D eigenvalue weighted by Gasteiger charge is -2.17. The van der Waals surface area contributed by atoms with Crippen LogP contribution in [0, 0.1) is 6.92 Å². The number of hydrogen-bond donors (Lipinski definition) is 2. The summed E-state index contributed by atoms with van der Waals surface area (Å²) in [6, 6.07) is 8.67. The number of esters is 1. The number of carbonyl (C=O) groups excluding carboxylic acids is 2. The average molecular weight is 396 g/mol. The molecule has 0 radical (unpaired) electrons. The van der Waals surface area contributed by atoms with Gasteiger partial charge in [0.05, 0.1) is 12.2 Å². The zero-order valence-electron chi connectivity index (χ0n) is 17.0. The van der Waals surface area contributed by atoms with E-state index in [-0.39, 0.29) is 11.9 Å². The van der Waals surface area contributed by atoms with Gasteiger partial charge >= 0.3 is 5.97 Å². The zero-order valence-corrected chi connectivity index (χ0v) is 17.0. The van der Waals surface area contributed by atoms with Crippen LogP contribution in [0.1, 0.15) is 72.1 Å². The summed E-state index contributed by atoms with van der Waals surface area (Å²) in [5, 5.41) is 6.29. The SMILES string of the molecule is CCOC(=O)c1ccc(NC(=O)c2cc(NC3CCCCCC3)nc(C)n2)cc1. The third-order valence-corrected chi connectivity index (χ3v) is 4.93. The van der Waals surface area contributed by atoms with Crippen LogP contribution in [-0.4, -0.2) is 34.5 Å². The Morgan fingerprint density at radius 2 is 1.76 bits per heavy atom. The molecule has 0 bridgehead atoms. The first-order valence-electron chi connectivity index (χ1n) is 10.3. The van der Waals surface area contributed by atoms with Crippen LogP contribution >= 0.6 is 0 Å². The second kappa shape index (κ2) is 10.0. The number of anilines is 2. The Morgan fingerprint density at radius 1 is 1.07 bits per heavy atom. The molecule has 7 nitrogen and oxygen atoms in total. The predicted molar refractivity (Wildman–Crippen MR) is 112 cm³/mol. The van der Waals surface area contributed by atoms with Gasteiger partial charge in [-0.15, -0.1) is 0 Å². The number of ether oxygens (including phenoxy) is 1. The minimum atomic E-state index is -0.383. The lowest BCUT2D eigenvalue weighted by Crippen LogP contribution is -2.21. The maximum absolute atomic E-state index is 12.7. The summed E-state index contributed by atoms with van der Waals surface area (Å²) in [5.41, 5.74) is 1.33. The Bertz CT molecular complexity index is 844. The van der Waals surface area contributed by atoms with Gasteiger partial charge in [-0.25, -0.2) is 14.8 Å². The van der Waals surface area contributed by atoms with Crippen molar-refractivity contribution in [3.05, 3.63) is 47.4 Å². The van der Waals surface area contributed by atoms with Crippen molar-refractivity contribution in [3.8, 4) is 0 Å². The van der Waals surface area contributed by atoms with E-state index >= 15 is 0 Å². The summed E-state index contributed by atoms with van der Waals surface area (Å²) in [6.07, 6.45) is 7.25. The number of nitrogens with zero attached hydrogens (tertiary/aromatic N) is 2. The molecular formula is C22H28N4O3. The van der Waals surface area contributed by atoms with Crippen molar-refractivity contribution in [1.82, 2.24) is 9.97 Å². The fourth-order valence-electron chi connectivity index (χ4n) is 3.49. The monoisotopic (exact) mass is 396 g/mol. The van der Waals surface area contributed by atoms with Crippen LogP contribution in [0.5, 0.6) is 0 Å². The van der Waals surface area contributed by atoms with Gasteiger partial charge < -0.3 is 15.4 Å². The highest BCUT2D eigenvalue weighted by atomic mass is 16.5. The van der Waals surface area contributed by atoms with Crippen LogP contribution in [0.15, 0.2) is 30.3 Å². The van der Waals surface area contributed by atoms with E-state index in [1.54, 1.807) is 44.2 Å². The van der Waals surface area contributed by atoms with E-state index in [0.717, 1.165) is 12.8 Å². The fourth-order valence-corrected chi connectivity index (χ4v) is 3.49. The molecular weight excluding hydrogens is 368 g/mol. The minimum Gasteiger partial charge on any atom is -0.462 e. The third kappa shape index (κ3) is 6.01. The summed E-state index contributed by atoms with van der Waals surface area (Å²) in [6.45, 7) is 3.86. The molecule has 0 saturated heterocycles. The molecule has 1 amide bonds. The van der Waals surface area contributed by atoms with Crippen molar-refractivity contribution in [2.24, 2.45) is 0 Å². The van der Waals surface area contributed by atoms with E-state index in [1.165, 1.54) is 25.7 Å². The first-order chi connectivity index (χ1) is 14.0. The first-order valence-corrected chi connectivity index (χ1v) is 10.3. The third-order valence-electron chi connectivity index (χ3n) is 4.93. The quantitative estimate of drug-likeness (QED) is 0.557. The number of carbonyl (C=O) groups is 2. The van der Waals surface area contributed by atoms with Crippen LogP contribution in [0.2, 0.25) is 0 Å². The molecule has 0 unspecified atom stereocenters. The predicted octanol–water partition coefficient (Wildman–Crippen LogP) is 4.35. The Kier molecular flexibility index (Phi) is 7.16. The fraction of sp³-hybridized carbons (Fsp3) is 0.455. The second-order valence-corrected chi connectivity index (χ2v) is 7.27. The molecule has 1 aromatic carbocycles. The van der Waals surface area contributed by atoms with Gasteiger partial charge in [-0.1, -0.05) is 25.7 Å². The van der Waals surface area contributed by atoms with Crippen molar-refractivity contribution in [2.45, 2.75) is 58.4 Å². The highest BCUT2D eigenvalue weighted by molar-refractivity contribution is 6.03. The maximum Gasteiger partial charge on any atom is 0.338 e. The summed E-state index contributed by atoms with van der Waals surface area (Å²) < 4.78 is 4.96. The van der Waals surface area contributed by atoms with Crippen molar-refractivity contribution < 1.29 is 14.3 Å². The molecule has 0 aliphatic heterocycles. The number of benzene rings is 1. The molecule has 1 fully saturated rings. The molecule has 7 heteroatoms. The van der Waals surface area contributed by atoms with Crippen molar-refractivity contribution in [2.75, 3.05) is 17.2 Å². The number of rotatable bonds is 6. The molecule has 29 heavy (non-hydrogen) atoms. The van der Waals surface area contributed by atoms with Gasteiger partial charge in [-0.3, -0.25) is 4.79 Å². The molecule has 0 atom stereocenters. The average Bonchev–Trinajstić information content (AvgIpc) is 2.97. The van der Waals surface area contributed by atoms with Gasteiger partial charge in [0.25, 0.3) is 5.91 Å². The minimum absolute atomic E-state index is 0.308. The smallest absolute Gasteiger partial charge is 0.338 e. The number of aromatic nitrogens is 2. The molecule has 2 aromatic rings. The van der Waals surface area contributed by atoms with E-state index in [9.17, 15) is 9.59 Å². The van der Waals surface area contributed by atoms with Gasteiger partial charge in [0.2, 0.25) is 0 Å². The largest absolute Gasteiger partial charge is 0.462 e. The number of aryl methyl sites for hydroxylation is 1. The number of nitrogens with one attached hydrogen (secondary N) is 2. The van der Waals surface area contributed by atoms with E-state index in [4.69, 9.17) is 4.74 Å². The molecule has 0 spiro atoms. The molecule has 1 aliphatic rings. The standard InChI is InChI=1S/C22H28N4O3/c1-3-29-22(28)16-10-12-18(13-11-16)26-21(27)19-14-20(24-15(2)23-19)25-17-8-6-4-5-7-9-17/h10-14,17H,3-9H2,1-2H3,(H,26,27)(H,23,24,25). The van der Waals surface area contributed by atoms with Gasteiger partial charge in [0.15, 0.2) is 0 Å². The highest BCUT2D eigenvalue weighted by Crippen LogP contribution is 2.21. The van der Waals surface area contributed by atoms with Crippen molar-refractivity contribution in [1.29, 1.82) is 0 Å². The van der Waals surface area contributed by atoms with Crippen LogP contribution in [0.3, 0.4) is 0 Å². The van der Waals surface area contributed by atoms with Crippen LogP contribution in [0.4, 0.5) is 11.5 Å². The van der Waals surface area contributed by atoms with Gasteiger partial charge in [-0.2, -0.15) is 0 Å². The lowest BCUT2D eigenvalue weighted by molar-refractivity contribution is 0.0526. The Hall–Kier alpha value is -2.96. The Morgan fingerprint density at radius 3 is 2.41 bits per heavy atom. The summed E-state index contributed by atoms with van der Waals surface area (Å²) in [4.78, 5) is 33.1. The number of hydrogen-bond acceptors (Lipinski definition) is 6. The van der Waals surface area contributed by atoms with Gasteiger partial charge in [-0.05, 0) is 51.0 Å². The van der Waals surface area contributed by atoms with E-state index in [1.807, 2.05) is 0 Å². The Balaban J connectivity index is 1.67. The molecule has 1 aliphatic carbocycles. The molecule has 1 aromatic heterocycles. The van der Waals surface area contributed by atoms with E-state index in [0.29, 0.717) is 41.2 Å².